The predicted molar refractivity (Wildman–Crippen MR) is 104 cm³/mol. The molecule has 0 aliphatic carbocycles. The van der Waals surface area contributed by atoms with E-state index in [0.717, 1.165) is 10.6 Å². The molecule has 0 aliphatic heterocycles. The molecule has 6 nitrogen and oxygen atoms in total. The zero-order valence-corrected chi connectivity index (χ0v) is 14.6. The highest BCUT2D eigenvalue weighted by Gasteiger charge is 2.05. The first kappa shape index (κ1) is 16.9. The van der Waals surface area contributed by atoms with Crippen LogP contribution in [0.25, 0.3) is 27.7 Å². The molecule has 2 aromatic heterocycles. The van der Waals surface area contributed by atoms with Gasteiger partial charge < -0.3 is 15.3 Å². The Bertz CT molecular complexity index is 1200. The predicted octanol–water partition coefficient (Wildman–Crippen LogP) is 3.77. The number of halogens is 1. The Hall–Kier alpha value is -3.52. The highest BCUT2D eigenvalue weighted by Crippen LogP contribution is 2.24. The smallest absolute Gasteiger partial charge is 0.322 e. The number of rotatable bonds is 4. The first-order valence-electron chi connectivity index (χ1n) is 7.99. The second-order valence-electron chi connectivity index (χ2n) is 5.75. The molecule has 4 aromatic rings. The van der Waals surface area contributed by atoms with E-state index in [0.29, 0.717) is 22.4 Å². The lowest BCUT2D eigenvalue weighted by molar-refractivity contribution is -0.111. The first-order chi connectivity index (χ1) is 13.1. The molecular formula is C19H13FN4O2S. The number of thiazole rings is 1. The summed E-state index contributed by atoms with van der Waals surface area (Å²) in [6.07, 6.45) is 2.99. The van der Waals surface area contributed by atoms with Crippen molar-refractivity contribution in [2.75, 3.05) is 5.32 Å². The number of aromatic amines is 2. The molecule has 0 saturated heterocycles. The van der Waals surface area contributed by atoms with Crippen molar-refractivity contribution < 1.29 is 9.18 Å². The Morgan fingerprint density at radius 2 is 1.89 bits per heavy atom. The lowest BCUT2D eigenvalue weighted by Gasteiger charge is -2.01. The van der Waals surface area contributed by atoms with Gasteiger partial charge in [-0.2, -0.15) is 0 Å². The molecule has 2 aromatic carbocycles. The number of hydrogen-bond donors (Lipinski definition) is 3. The van der Waals surface area contributed by atoms with Gasteiger partial charge in [0.2, 0.25) is 5.91 Å². The van der Waals surface area contributed by atoms with Crippen molar-refractivity contribution in [3.8, 4) is 10.6 Å². The third-order valence-corrected chi connectivity index (χ3v) is 4.71. The fraction of sp³-hybridized carbons (Fsp3) is 0. The molecule has 3 N–H and O–H groups in total. The maximum Gasteiger partial charge on any atom is 0.323 e. The van der Waals surface area contributed by atoms with E-state index in [4.69, 9.17) is 0 Å². The maximum atomic E-state index is 13.0. The number of H-pyrrole nitrogens is 2. The van der Waals surface area contributed by atoms with Gasteiger partial charge in [0.15, 0.2) is 0 Å². The highest BCUT2D eigenvalue weighted by molar-refractivity contribution is 7.13. The maximum absolute atomic E-state index is 13.0. The number of nitrogens with one attached hydrogen (secondary N) is 3. The van der Waals surface area contributed by atoms with Crippen molar-refractivity contribution in [1.29, 1.82) is 0 Å². The second kappa shape index (κ2) is 7.00. The summed E-state index contributed by atoms with van der Waals surface area (Å²) in [5, 5.41) is 5.30. The molecule has 0 bridgehead atoms. The Labute approximate surface area is 156 Å². The molecule has 0 aliphatic rings. The van der Waals surface area contributed by atoms with Gasteiger partial charge in [-0.05, 0) is 48.5 Å². The summed E-state index contributed by atoms with van der Waals surface area (Å²) in [4.78, 5) is 33.1. The van der Waals surface area contributed by atoms with Crippen LogP contribution in [0.3, 0.4) is 0 Å². The summed E-state index contributed by atoms with van der Waals surface area (Å²) in [7, 11) is 0. The molecule has 134 valence electrons. The molecule has 0 unspecified atom stereocenters. The number of fused-ring (bicyclic) bond motifs is 1. The Morgan fingerprint density at radius 1 is 1.11 bits per heavy atom. The molecule has 27 heavy (non-hydrogen) atoms. The van der Waals surface area contributed by atoms with Crippen molar-refractivity contribution in [3.63, 3.8) is 0 Å². The number of benzene rings is 2. The van der Waals surface area contributed by atoms with Gasteiger partial charge >= 0.3 is 5.69 Å². The Balaban J connectivity index is 1.45. The lowest BCUT2D eigenvalue weighted by Crippen LogP contribution is -2.07. The van der Waals surface area contributed by atoms with Crippen LogP contribution in [0.2, 0.25) is 0 Å². The van der Waals surface area contributed by atoms with E-state index in [2.05, 4.69) is 20.3 Å². The van der Waals surface area contributed by atoms with Crippen LogP contribution in [0, 0.1) is 5.82 Å². The molecule has 8 heteroatoms. The van der Waals surface area contributed by atoms with Gasteiger partial charge in [0.1, 0.15) is 10.8 Å². The van der Waals surface area contributed by atoms with Gasteiger partial charge in [-0.3, -0.25) is 4.79 Å². The van der Waals surface area contributed by atoms with E-state index in [-0.39, 0.29) is 17.4 Å². The fourth-order valence-corrected chi connectivity index (χ4v) is 3.34. The quantitative estimate of drug-likeness (QED) is 0.471. The molecule has 2 heterocycles. The monoisotopic (exact) mass is 380 g/mol. The van der Waals surface area contributed by atoms with Crippen LogP contribution < -0.4 is 11.0 Å². The lowest BCUT2D eigenvalue weighted by atomic mass is 10.2. The average Bonchev–Trinajstić information content (AvgIpc) is 3.26. The van der Waals surface area contributed by atoms with Crippen LogP contribution >= 0.6 is 11.3 Å². The minimum atomic E-state index is -0.316. The number of aromatic nitrogens is 3. The molecular weight excluding hydrogens is 367 g/mol. The SMILES string of the molecule is O=C(/C=C/c1csc(-c2ccc(F)cc2)n1)Nc1ccc2[nH]c(=O)[nH]c2c1. The summed E-state index contributed by atoms with van der Waals surface area (Å²) < 4.78 is 13.0. The summed E-state index contributed by atoms with van der Waals surface area (Å²) >= 11 is 1.41. The van der Waals surface area contributed by atoms with Crippen LogP contribution in [0.1, 0.15) is 5.69 Å². The van der Waals surface area contributed by atoms with Crippen molar-refractivity contribution in [2.45, 2.75) is 0 Å². The first-order valence-corrected chi connectivity index (χ1v) is 8.87. The van der Waals surface area contributed by atoms with Crippen molar-refractivity contribution >= 4 is 40.0 Å². The van der Waals surface area contributed by atoms with Crippen LogP contribution in [0.15, 0.2) is 58.7 Å². The molecule has 0 fully saturated rings. The second-order valence-corrected chi connectivity index (χ2v) is 6.60. The molecule has 0 spiro atoms. The molecule has 1 amide bonds. The normalized spacial score (nSPS) is 11.3. The minimum Gasteiger partial charge on any atom is -0.322 e. The van der Waals surface area contributed by atoms with Gasteiger partial charge in [0.25, 0.3) is 0 Å². The van der Waals surface area contributed by atoms with Crippen LogP contribution in [-0.2, 0) is 4.79 Å². The minimum absolute atomic E-state index is 0.297. The van der Waals surface area contributed by atoms with Gasteiger partial charge in [-0.1, -0.05) is 0 Å². The van der Waals surface area contributed by atoms with Crippen LogP contribution in [0.5, 0.6) is 0 Å². The van der Waals surface area contributed by atoms with Gasteiger partial charge in [-0.15, -0.1) is 11.3 Å². The molecule has 0 saturated carbocycles. The largest absolute Gasteiger partial charge is 0.323 e. The zero-order valence-electron chi connectivity index (χ0n) is 13.8. The molecule has 0 radical (unpaired) electrons. The third-order valence-electron chi connectivity index (χ3n) is 3.80. The van der Waals surface area contributed by atoms with Crippen molar-refractivity contribution in [2.24, 2.45) is 0 Å². The van der Waals surface area contributed by atoms with E-state index in [1.807, 2.05) is 5.38 Å². The third kappa shape index (κ3) is 3.85. The number of carbonyl (C=O) groups excluding carboxylic acids is 1. The number of amides is 1. The van der Waals surface area contributed by atoms with Crippen molar-refractivity contribution in [3.05, 3.63) is 75.9 Å². The van der Waals surface area contributed by atoms with E-state index in [1.165, 1.54) is 29.5 Å². The molecule has 0 atom stereocenters. The topological polar surface area (TPSA) is 90.6 Å². The van der Waals surface area contributed by atoms with Gasteiger partial charge in [-0.25, -0.2) is 14.2 Å². The summed E-state index contributed by atoms with van der Waals surface area (Å²) in [5.74, 6) is -0.613. The summed E-state index contributed by atoms with van der Waals surface area (Å²) in [6, 6.07) is 11.2. The standard InChI is InChI=1S/C19H13FN4O2S/c20-12-3-1-11(2-4-12)18-22-14(10-27-18)6-8-17(25)21-13-5-7-15-16(9-13)24-19(26)23-15/h1-10H,(H,21,25)(H2,23,24,26)/b8-6+. The van der Waals surface area contributed by atoms with Crippen LogP contribution in [0.4, 0.5) is 10.1 Å². The average molecular weight is 380 g/mol. The molecule has 4 rings (SSSR count). The zero-order chi connectivity index (χ0) is 18.8. The van der Waals surface area contributed by atoms with E-state index in [1.54, 1.807) is 36.4 Å². The Kier molecular flexibility index (Phi) is 4.39. The number of nitrogens with zero attached hydrogens (tertiary/aromatic N) is 1. The number of anilines is 1. The Morgan fingerprint density at radius 3 is 2.70 bits per heavy atom. The number of hydrogen-bond acceptors (Lipinski definition) is 4. The van der Waals surface area contributed by atoms with Crippen LogP contribution in [-0.4, -0.2) is 20.9 Å². The van der Waals surface area contributed by atoms with Gasteiger partial charge in [0, 0.05) is 22.7 Å². The van der Waals surface area contributed by atoms with E-state index >= 15 is 0 Å². The van der Waals surface area contributed by atoms with Gasteiger partial charge in [0.05, 0.1) is 16.7 Å². The summed E-state index contributed by atoms with van der Waals surface area (Å²) in [6.45, 7) is 0. The van der Waals surface area contributed by atoms with Crippen molar-refractivity contribution in [1.82, 2.24) is 15.0 Å². The van der Waals surface area contributed by atoms with E-state index < -0.39 is 0 Å². The van der Waals surface area contributed by atoms with E-state index in [9.17, 15) is 14.0 Å². The number of carbonyl (C=O) groups is 1. The fourth-order valence-electron chi connectivity index (χ4n) is 2.54. The highest BCUT2D eigenvalue weighted by atomic mass is 32.1. The summed E-state index contributed by atoms with van der Waals surface area (Å²) in [5.41, 5.74) is 3.01. The number of imidazole rings is 1.